The van der Waals surface area contributed by atoms with E-state index in [1.807, 2.05) is 67.1 Å². The number of aromatic nitrogens is 1. The summed E-state index contributed by atoms with van der Waals surface area (Å²) in [5.74, 6) is -13.0. The molecule has 0 spiro atoms. The average molecular weight is 1670 g/mol. The lowest BCUT2D eigenvalue weighted by Gasteiger charge is -2.41. The van der Waals surface area contributed by atoms with Gasteiger partial charge >= 0.3 is 0 Å². The van der Waals surface area contributed by atoms with E-state index in [-0.39, 0.29) is 76.4 Å². The second-order valence-electron chi connectivity index (χ2n) is 28.7. The van der Waals surface area contributed by atoms with E-state index in [4.69, 9.17) is 37.4 Å². The largest absolute Gasteiger partial charge is 0.454 e. The van der Waals surface area contributed by atoms with Crippen LogP contribution in [0.25, 0.3) is 11.1 Å². The molecule has 0 saturated carbocycles. The molecule has 32 heteroatoms. The topological polar surface area (TPSA) is 290 Å². The highest BCUT2D eigenvalue weighted by molar-refractivity contribution is 9.10. The number of amides is 4. The second-order valence-corrected chi connectivity index (χ2v) is 31.3. The Kier molecular flexibility index (Phi) is 23.9. The molecule has 7 aromatic carbocycles. The van der Waals surface area contributed by atoms with Gasteiger partial charge in [-0.25, -0.2) is 64.5 Å². The van der Waals surface area contributed by atoms with Crippen LogP contribution >= 0.6 is 38.6 Å². The average Bonchev–Trinajstić information content (AvgIpc) is 1.69. The molecule has 0 aliphatic carbocycles. The van der Waals surface area contributed by atoms with E-state index < -0.39 is 86.8 Å². The standard InChI is InChI=1S/C26H25FN4OS.2C20H19F4N3O.C16H15BrN4O3S/c1-26(23-14-20(16-33-23)19-7-3-6-18(13-19)15-28)22(24(32)31(2)25(29)30-26)8-4-5-17-9-11-21(27)12-10-17;2*1-19(13-8-9-14(21)15(22)10-13)16(17(28)27(3)18(25)26-19)11-4-6-12(7-5-11)20(2,23)24;1-16(14-19-11(17)6-25-14)12(13(22)21(2)15(18)20-16)8-3-4-9-10(5-8)24-7-23-9/h3,6-7,9-14,16,22H,4-5,8H2,1-2H3,(H2,29,30);2*4-10,16H,1-3H3,(H2,25,26);3-6,12H,7H2,1-2H3,(H2,18,20)/t22?,26-;16-,19+;16-,19-;12-,16+/m0011/s1. The summed E-state index contributed by atoms with van der Waals surface area (Å²) in [4.78, 5) is 81.1. The number of guanidine groups is 4. The van der Waals surface area contributed by atoms with Gasteiger partial charge in [0.1, 0.15) is 37.6 Å². The second kappa shape index (κ2) is 32.6. The van der Waals surface area contributed by atoms with Gasteiger partial charge in [0, 0.05) is 63.4 Å². The van der Waals surface area contributed by atoms with Crippen LogP contribution in [0.2, 0.25) is 0 Å². The van der Waals surface area contributed by atoms with Crippen LogP contribution in [0.15, 0.2) is 193 Å². The number of ether oxygens (including phenoxy) is 2. The fraction of sp³-hybridized carbons (Fsp3) is 0.293. The number of aryl methyl sites for hydroxylation is 1. The molecule has 7 heterocycles. The number of benzene rings is 7. The molecule has 8 N–H and O–H groups in total. The van der Waals surface area contributed by atoms with E-state index in [2.05, 4.69) is 42.0 Å². The third kappa shape index (κ3) is 16.8. The van der Waals surface area contributed by atoms with Crippen LogP contribution in [-0.4, -0.2) is 107 Å². The van der Waals surface area contributed by atoms with Crippen molar-refractivity contribution in [3.63, 3.8) is 0 Å². The number of fused-ring (bicyclic) bond motifs is 1. The molecule has 0 fully saturated rings. The fourth-order valence-corrected chi connectivity index (χ4v) is 16.7. The zero-order chi connectivity index (χ0) is 83.1. The predicted octanol–water partition coefficient (Wildman–Crippen LogP) is 15.2. The highest BCUT2D eigenvalue weighted by Crippen LogP contribution is 2.51. The Morgan fingerprint density at radius 1 is 0.518 bits per heavy atom. The van der Waals surface area contributed by atoms with Crippen LogP contribution in [0, 0.1) is 46.3 Å². The smallest absolute Gasteiger partial charge is 0.270 e. The molecule has 4 amide bonds. The Labute approximate surface area is 667 Å². The van der Waals surface area contributed by atoms with E-state index in [9.17, 15) is 64.0 Å². The summed E-state index contributed by atoms with van der Waals surface area (Å²) in [6, 6.07) is 40.7. The third-order valence-electron chi connectivity index (χ3n) is 20.9. The number of thiazole rings is 1. The zero-order valence-corrected chi connectivity index (χ0v) is 66.3. The first-order valence-corrected chi connectivity index (χ1v) is 37.9. The number of carbonyl (C=O) groups is 4. The van der Waals surface area contributed by atoms with Gasteiger partial charge in [-0.3, -0.25) is 38.8 Å². The minimum absolute atomic E-state index is 0.0504. The maximum Gasteiger partial charge on any atom is 0.270 e. The van der Waals surface area contributed by atoms with Crippen molar-refractivity contribution in [2.75, 3.05) is 35.0 Å². The molecule has 2 aromatic heterocycles. The molecule has 5 aliphatic rings. The lowest BCUT2D eigenvalue weighted by Crippen LogP contribution is -2.53. The first kappa shape index (κ1) is 83.5. The van der Waals surface area contributed by atoms with Crippen LogP contribution in [0.4, 0.5) is 39.5 Å². The van der Waals surface area contributed by atoms with Crippen LogP contribution < -0.4 is 32.4 Å². The number of nitriles is 1. The predicted molar refractivity (Wildman–Crippen MR) is 420 cm³/mol. The number of carbonyl (C=O) groups excluding carboxylic acids is 4. The van der Waals surface area contributed by atoms with E-state index in [1.165, 1.54) is 108 Å². The molecule has 114 heavy (non-hydrogen) atoms. The number of nitrogens with zero attached hydrogens (tertiary/aromatic N) is 10. The highest BCUT2D eigenvalue weighted by atomic mass is 79.9. The quantitative estimate of drug-likeness (QED) is 0.0739. The highest BCUT2D eigenvalue weighted by Gasteiger charge is 2.52. The van der Waals surface area contributed by atoms with E-state index >= 15 is 0 Å². The number of aliphatic imine (C=N–C) groups is 4. The van der Waals surface area contributed by atoms with E-state index in [1.54, 1.807) is 57.5 Å². The van der Waals surface area contributed by atoms with Gasteiger partial charge in [0.15, 0.2) is 58.6 Å². The van der Waals surface area contributed by atoms with E-state index in [0.29, 0.717) is 44.2 Å². The van der Waals surface area contributed by atoms with Crippen LogP contribution in [0.5, 0.6) is 11.5 Å². The number of alkyl halides is 4. The van der Waals surface area contributed by atoms with Gasteiger partial charge in [-0.15, -0.1) is 22.7 Å². The summed E-state index contributed by atoms with van der Waals surface area (Å²) in [6.07, 6.45) is 2.15. The van der Waals surface area contributed by atoms with Gasteiger partial charge in [-0.2, -0.15) is 5.26 Å². The molecule has 5 aliphatic heterocycles. The van der Waals surface area contributed by atoms with Crippen molar-refractivity contribution in [2.24, 2.45) is 48.8 Å². The van der Waals surface area contributed by atoms with Crippen molar-refractivity contribution in [1.29, 1.82) is 5.26 Å². The van der Waals surface area contributed by atoms with Crippen LogP contribution in [-0.2, 0) is 59.6 Å². The minimum atomic E-state index is -3.03. The Morgan fingerprint density at radius 3 is 1.44 bits per heavy atom. The van der Waals surface area contributed by atoms with Gasteiger partial charge < -0.3 is 32.4 Å². The van der Waals surface area contributed by atoms with Crippen LogP contribution in [0.1, 0.15) is 132 Å². The number of rotatable bonds is 14. The van der Waals surface area contributed by atoms with Crippen molar-refractivity contribution in [3.05, 3.63) is 262 Å². The summed E-state index contributed by atoms with van der Waals surface area (Å²) in [6.45, 7) is 8.73. The number of likely N-dealkylation sites (N-methyl/N-ethyl adjacent to an activating group) is 3. The van der Waals surface area contributed by atoms with Crippen molar-refractivity contribution < 1.29 is 68.2 Å². The molecule has 9 aromatic rings. The lowest BCUT2D eigenvalue weighted by molar-refractivity contribution is -0.134. The molecular weight excluding hydrogens is 1590 g/mol. The molecule has 594 valence electrons. The summed E-state index contributed by atoms with van der Waals surface area (Å²) < 4.78 is 133. The Hall–Kier alpha value is -11.4. The monoisotopic (exact) mass is 1670 g/mol. The molecule has 0 radical (unpaired) electrons. The van der Waals surface area contributed by atoms with Crippen molar-refractivity contribution in [3.8, 4) is 28.7 Å². The number of hydrogen-bond donors (Lipinski definition) is 4. The summed E-state index contributed by atoms with van der Waals surface area (Å²) in [5, 5.41) is 13.8. The number of halogens is 10. The lowest BCUT2D eigenvalue weighted by atomic mass is 9.74. The Morgan fingerprint density at radius 2 is 0.974 bits per heavy atom. The fourth-order valence-electron chi connectivity index (χ4n) is 14.2. The van der Waals surface area contributed by atoms with E-state index in [0.717, 1.165) is 87.9 Å². The Balaban J connectivity index is 0.000000151. The van der Waals surface area contributed by atoms with Gasteiger partial charge in [0.25, 0.3) is 11.8 Å². The van der Waals surface area contributed by atoms with Crippen molar-refractivity contribution in [2.45, 2.75) is 113 Å². The molecule has 14 rings (SSSR count). The number of hydrogen-bond acceptors (Lipinski definition) is 18. The molecule has 20 nitrogen and oxygen atoms in total. The minimum Gasteiger partial charge on any atom is -0.454 e. The molecule has 0 bridgehead atoms. The first-order chi connectivity index (χ1) is 53.6. The van der Waals surface area contributed by atoms with Crippen molar-refractivity contribution in [1.82, 2.24) is 24.6 Å². The van der Waals surface area contributed by atoms with Crippen LogP contribution in [0.3, 0.4) is 0 Å². The first-order valence-electron chi connectivity index (χ1n) is 35.4. The SMILES string of the molecule is CN1C(=O)C(CCCc2ccc(F)cc2)[C@@](C)(c2cc(-c3cccc(C#N)c3)cs2)N=C1N.CN1C(=O)[C@@H](c2ccc(C(C)(F)F)cc2)[C@@](C)(c2ccc(F)c(F)c2)N=C1N.CN1C(=O)[C@@H](c2ccc3c(c2)OCO3)[C@@](C)(c2nc(Br)cs2)N=C1N.CN1C(=O)[C@H](c2ccc(C(C)(F)F)cc2)[C@@](C)(c2ccc(F)c(F)c2)N=C1N. The van der Waals surface area contributed by atoms with Gasteiger partial charge in [0.05, 0.1) is 35.3 Å². The normalized spacial score (nSPS) is 22.7. The van der Waals surface area contributed by atoms with Gasteiger partial charge in [-0.1, -0.05) is 91.0 Å². The van der Waals surface area contributed by atoms with Gasteiger partial charge in [0.2, 0.25) is 30.4 Å². The maximum absolute atomic E-state index is 13.9. The number of thiophene rings is 1. The summed E-state index contributed by atoms with van der Waals surface area (Å²) in [5.41, 5.74) is 24.7. The zero-order valence-electron chi connectivity index (χ0n) is 63.1. The molecular formula is C82H78BrF9N14O6S2. The number of nitrogens with two attached hydrogens (primary N) is 4. The maximum atomic E-state index is 13.9. The molecule has 0 saturated heterocycles. The Bertz CT molecular complexity index is 5210. The van der Waals surface area contributed by atoms with Crippen molar-refractivity contribution >= 4 is 86.1 Å². The molecule has 1 unspecified atom stereocenters. The summed E-state index contributed by atoms with van der Waals surface area (Å²) in [7, 11) is 6.15. The third-order valence-corrected chi connectivity index (χ3v) is 23.9. The summed E-state index contributed by atoms with van der Waals surface area (Å²) >= 11 is 6.35. The van der Waals surface area contributed by atoms with Gasteiger partial charge in [-0.05, 0) is 180 Å². The molecule has 8 atom stereocenters.